The average molecular weight is 168 g/mol. The number of hydrogen-bond acceptors (Lipinski definition) is 3. The third-order valence-electron chi connectivity index (χ3n) is 2.08. The summed E-state index contributed by atoms with van der Waals surface area (Å²) in [7, 11) is 1.72. The number of likely N-dealkylation sites (N-methyl/N-ethyl adjacent to an activating group) is 1. The number of hydrogen-bond donors (Lipinski definition) is 0. The van der Waals surface area contributed by atoms with Gasteiger partial charge in [-0.25, -0.2) is 0 Å². The summed E-state index contributed by atoms with van der Waals surface area (Å²) >= 11 is 0. The van der Waals surface area contributed by atoms with Gasteiger partial charge in [-0.2, -0.15) is 5.26 Å². The van der Waals surface area contributed by atoms with Gasteiger partial charge in [0.05, 0.1) is 18.7 Å². The fourth-order valence-corrected chi connectivity index (χ4v) is 1.22. The highest BCUT2D eigenvalue weighted by atomic mass is 16.5. The van der Waals surface area contributed by atoms with Crippen molar-refractivity contribution in [3.05, 3.63) is 0 Å². The standard InChI is InChI=1S/C8H12N2O2/c1-10(8(11)2-4-9)7-3-5-12-6-7/h7H,2-3,5-6H2,1H3. The average Bonchev–Trinajstić information content (AvgIpc) is 2.55. The van der Waals surface area contributed by atoms with Gasteiger partial charge in [0.1, 0.15) is 6.42 Å². The Hall–Kier alpha value is -1.08. The molecule has 4 nitrogen and oxygen atoms in total. The van der Waals surface area contributed by atoms with Crippen LogP contribution in [0, 0.1) is 11.3 Å². The second-order valence-corrected chi connectivity index (χ2v) is 2.86. The van der Waals surface area contributed by atoms with E-state index in [9.17, 15) is 4.79 Å². The zero-order valence-corrected chi connectivity index (χ0v) is 7.12. The van der Waals surface area contributed by atoms with Gasteiger partial charge in [0, 0.05) is 13.7 Å². The van der Waals surface area contributed by atoms with Crippen molar-refractivity contribution in [2.75, 3.05) is 20.3 Å². The summed E-state index contributed by atoms with van der Waals surface area (Å²) in [5.41, 5.74) is 0. The van der Waals surface area contributed by atoms with Crippen LogP contribution in [0.1, 0.15) is 12.8 Å². The van der Waals surface area contributed by atoms with Gasteiger partial charge in [-0.15, -0.1) is 0 Å². The fraction of sp³-hybridized carbons (Fsp3) is 0.750. The van der Waals surface area contributed by atoms with Gasteiger partial charge in [0.2, 0.25) is 5.91 Å². The largest absolute Gasteiger partial charge is 0.379 e. The Balaban J connectivity index is 2.40. The lowest BCUT2D eigenvalue weighted by Crippen LogP contribution is -2.36. The molecule has 0 aliphatic carbocycles. The highest BCUT2D eigenvalue weighted by molar-refractivity contribution is 5.78. The van der Waals surface area contributed by atoms with E-state index < -0.39 is 0 Å². The van der Waals surface area contributed by atoms with Crippen LogP contribution in [0.5, 0.6) is 0 Å². The number of nitrogens with zero attached hydrogens (tertiary/aromatic N) is 2. The van der Waals surface area contributed by atoms with Crippen molar-refractivity contribution in [3.8, 4) is 6.07 Å². The molecule has 1 aliphatic heterocycles. The molecule has 12 heavy (non-hydrogen) atoms. The lowest BCUT2D eigenvalue weighted by Gasteiger charge is -2.21. The van der Waals surface area contributed by atoms with Gasteiger partial charge in [0.25, 0.3) is 0 Å². The molecule has 1 heterocycles. The van der Waals surface area contributed by atoms with Crippen molar-refractivity contribution < 1.29 is 9.53 Å². The van der Waals surface area contributed by atoms with Gasteiger partial charge in [-0.3, -0.25) is 4.79 Å². The summed E-state index contributed by atoms with van der Waals surface area (Å²) < 4.78 is 5.13. The summed E-state index contributed by atoms with van der Waals surface area (Å²) in [6.07, 6.45) is 0.848. The molecule has 1 aliphatic rings. The normalized spacial score (nSPS) is 21.8. The highest BCUT2D eigenvalue weighted by Crippen LogP contribution is 2.10. The Bertz CT molecular complexity index is 204. The molecule has 1 fully saturated rings. The number of rotatable bonds is 2. The zero-order valence-electron chi connectivity index (χ0n) is 7.12. The highest BCUT2D eigenvalue weighted by Gasteiger charge is 2.23. The first kappa shape index (κ1) is 9.01. The number of amides is 1. The minimum absolute atomic E-state index is 0.0347. The van der Waals surface area contributed by atoms with E-state index in [0.717, 1.165) is 13.0 Å². The summed E-state index contributed by atoms with van der Waals surface area (Å²) in [6.45, 7) is 1.32. The summed E-state index contributed by atoms with van der Waals surface area (Å²) in [4.78, 5) is 12.8. The molecule has 0 aromatic carbocycles. The molecule has 0 N–H and O–H groups in total. The van der Waals surface area contributed by atoms with Crippen LogP contribution < -0.4 is 0 Å². The molecular formula is C8H12N2O2. The molecule has 0 aromatic rings. The first-order valence-corrected chi connectivity index (χ1v) is 3.96. The first-order valence-electron chi connectivity index (χ1n) is 3.96. The Labute approximate surface area is 71.7 Å². The predicted octanol–water partition coefficient (Wildman–Crippen LogP) is 0.147. The van der Waals surface area contributed by atoms with E-state index in [1.165, 1.54) is 0 Å². The van der Waals surface area contributed by atoms with E-state index in [1.54, 1.807) is 11.9 Å². The van der Waals surface area contributed by atoms with Crippen molar-refractivity contribution >= 4 is 5.91 Å². The molecule has 1 saturated heterocycles. The fourth-order valence-electron chi connectivity index (χ4n) is 1.22. The number of carbonyl (C=O) groups excluding carboxylic acids is 1. The van der Waals surface area contributed by atoms with Gasteiger partial charge >= 0.3 is 0 Å². The van der Waals surface area contributed by atoms with Crippen LogP contribution in [0.4, 0.5) is 0 Å². The van der Waals surface area contributed by atoms with Crippen LogP contribution in [-0.4, -0.2) is 37.1 Å². The molecular weight excluding hydrogens is 156 g/mol. The summed E-state index contributed by atoms with van der Waals surface area (Å²) in [5.74, 6) is -0.118. The zero-order chi connectivity index (χ0) is 8.97. The monoisotopic (exact) mass is 168 g/mol. The van der Waals surface area contributed by atoms with Crippen LogP contribution in [0.25, 0.3) is 0 Å². The van der Waals surface area contributed by atoms with Crippen LogP contribution >= 0.6 is 0 Å². The van der Waals surface area contributed by atoms with Crippen molar-refractivity contribution in [2.45, 2.75) is 18.9 Å². The maximum absolute atomic E-state index is 11.2. The summed E-state index contributed by atoms with van der Waals surface area (Å²) in [6, 6.07) is 2.01. The molecule has 1 atom stereocenters. The van der Waals surface area contributed by atoms with Gasteiger partial charge in [-0.05, 0) is 6.42 Å². The minimum Gasteiger partial charge on any atom is -0.379 e. The predicted molar refractivity (Wildman–Crippen MR) is 42.2 cm³/mol. The number of ether oxygens (including phenoxy) is 1. The van der Waals surface area contributed by atoms with E-state index >= 15 is 0 Å². The molecule has 0 aromatic heterocycles. The van der Waals surface area contributed by atoms with E-state index in [1.807, 2.05) is 6.07 Å². The SMILES string of the molecule is CN(C(=O)CC#N)C1CCOC1. The maximum Gasteiger partial charge on any atom is 0.236 e. The van der Waals surface area contributed by atoms with Crippen LogP contribution in [-0.2, 0) is 9.53 Å². The van der Waals surface area contributed by atoms with Crippen molar-refractivity contribution in [2.24, 2.45) is 0 Å². The van der Waals surface area contributed by atoms with Gasteiger partial charge < -0.3 is 9.64 Å². The first-order chi connectivity index (χ1) is 5.75. The minimum atomic E-state index is -0.118. The van der Waals surface area contributed by atoms with Crippen molar-refractivity contribution in [1.29, 1.82) is 5.26 Å². The molecule has 0 bridgehead atoms. The lowest BCUT2D eigenvalue weighted by molar-refractivity contribution is -0.130. The van der Waals surface area contributed by atoms with Crippen molar-refractivity contribution in [3.63, 3.8) is 0 Å². The molecule has 0 spiro atoms. The molecule has 1 rings (SSSR count). The smallest absolute Gasteiger partial charge is 0.236 e. The topological polar surface area (TPSA) is 53.3 Å². The van der Waals surface area contributed by atoms with E-state index in [-0.39, 0.29) is 18.4 Å². The molecule has 0 radical (unpaired) electrons. The van der Waals surface area contributed by atoms with E-state index in [2.05, 4.69) is 0 Å². The van der Waals surface area contributed by atoms with E-state index in [4.69, 9.17) is 10.00 Å². The Morgan fingerprint density at radius 2 is 2.58 bits per heavy atom. The Kier molecular flexibility index (Phi) is 3.06. The maximum atomic E-state index is 11.2. The Morgan fingerprint density at radius 1 is 1.83 bits per heavy atom. The second kappa shape index (κ2) is 4.07. The quantitative estimate of drug-likeness (QED) is 0.589. The third kappa shape index (κ3) is 1.95. The second-order valence-electron chi connectivity index (χ2n) is 2.86. The third-order valence-corrected chi connectivity index (χ3v) is 2.08. The van der Waals surface area contributed by atoms with Crippen molar-refractivity contribution in [1.82, 2.24) is 4.90 Å². The molecule has 4 heteroatoms. The van der Waals surface area contributed by atoms with Gasteiger partial charge in [0.15, 0.2) is 0 Å². The van der Waals surface area contributed by atoms with Crippen LogP contribution in [0.15, 0.2) is 0 Å². The Morgan fingerprint density at radius 3 is 3.08 bits per heavy atom. The molecule has 0 saturated carbocycles. The van der Waals surface area contributed by atoms with E-state index in [0.29, 0.717) is 6.61 Å². The molecule has 1 unspecified atom stereocenters. The van der Waals surface area contributed by atoms with Crippen LogP contribution in [0.3, 0.4) is 0 Å². The molecule has 1 amide bonds. The lowest BCUT2D eigenvalue weighted by atomic mass is 10.2. The summed E-state index contributed by atoms with van der Waals surface area (Å²) in [5, 5.41) is 8.30. The molecule has 66 valence electrons. The van der Waals surface area contributed by atoms with Gasteiger partial charge in [-0.1, -0.05) is 0 Å². The van der Waals surface area contributed by atoms with Crippen LogP contribution in [0.2, 0.25) is 0 Å². The number of carbonyl (C=O) groups is 1. The number of nitriles is 1.